The summed E-state index contributed by atoms with van der Waals surface area (Å²) in [6.45, 7) is 6.63. The number of methoxy groups -OCH3 is 1. The second-order valence-corrected chi connectivity index (χ2v) is 6.86. The van der Waals surface area contributed by atoms with Crippen molar-refractivity contribution >= 4 is 11.3 Å². The van der Waals surface area contributed by atoms with E-state index in [-0.39, 0.29) is 0 Å². The second-order valence-electron chi connectivity index (χ2n) is 5.49. The number of nitrogens with one attached hydrogen (secondary N) is 1. The van der Waals surface area contributed by atoms with Crippen LogP contribution in [0.3, 0.4) is 0 Å². The van der Waals surface area contributed by atoms with Gasteiger partial charge in [-0.15, -0.1) is 11.3 Å². The van der Waals surface area contributed by atoms with Crippen LogP contribution < -0.4 is 10.1 Å². The quantitative estimate of drug-likeness (QED) is 0.798. The Labute approximate surface area is 132 Å². The van der Waals surface area contributed by atoms with Crippen LogP contribution in [0.2, 0.25) is 0 Å². The van der Waals surface area contributed by atoms with Gasteiger partial charge in [-0.25, -0.2) is 0 Å². The SMILES string of the molecule is CCC(NC(C)Cc1ccc(C)s1)c1ccccc1OC. The van der Waals surface area contributed by atoms with Crippen LogP contribution in [0.15, 0.2) is 36.4 Å². The molecule has 21 heavy (non-hydrogen) atoms. The molecule has 0 aliphatic heterocycles. The van der Waals surface area contributed by atoms with Crippen molar-refractivity contribution in [3.8, 4) is 5.75 Å². The van der Waals surface area contributed by atoms with Crippen LogP contribution in [-0.4, -0.2) is 13.2 Å². The smallest absolute Gasteiger partial charge is 0.123 e. The number of para-hydroxylation sites is 1. The maximum Gasteiger partial charge on any atom is 0.123 e. The fourth-order valence-electron chi connectivity index (χ4n) is 2.68. The lowest BCUT2D eigenvalue weighted by molar-refractivity contribution is 0.386. The molecule has 3 heteroatoms. The Kier molecular flexibility index (Phi) is 5.83. The highest BCUT2D eigenvalue weighted by Crippen LogP contribution is 2.27. The third kappa shape index (κ3) is 4.32. The number of hydrogen-bond acceptors (Lipinski definition) is 3. The molecule has 0 saturated carbocycles. The first-order chi connectivity index (χ1) is 10.1. The molecule has 2 atom stereocenters. The van der Waals surface area contributed by atoms with E-state index in [1.54, 1.807) is 7.11 Å². The molecule has 2 unspecified atom stereocenters. The summed E-state index contributed by atoms with van der Waals surface area (Å²) in [5.41, 5.74) is 1.25. The molecule has 0 radical (unpaired) electrons. The van der Waals surface area contributed by atoms with Crippen molar-refractivity contribution in [1.29, 1.82) is 0 Å². The van der Waals surface area contributed by atoms with Gasteiger partial charge in [-0.2, -0.15) is 0 Å². The van der Waals surface area contributed by atoms with Gasteiger partial charge in [-0.05, 0) is 44.9 Å². The summed E-state index contributed by atoms with van der Waals surface area (Å²) in [5.74, 6) is 0.969. The monoisotopic (exact) mass is 303 g/mol. The van der Waals surface area contributed by atoms with Gasteiger partial charge >= 0.3 is 0 Å². The van der Waals surface area contributed by atoms with Gasteiger partial charge in [-0.3, -0.25) is 0 Å². The van der Waals surface area contributed by atoms with E-state index in [1.807, 2.05) is 23.5 Å². The number of rotatable bonds is 7. The predicted octanol–water partition coefficient (Wildman–Crippen LogP) is 4.74. The number of ether oxygens (including phenoxy) is 1. The van der Waals surface area contributed by atoms with Crippen LogP contribution in [0.25, 0.3) is 0 Å². The standard InChI is InChI=1S/C18H25NOS/c1-5-17(16-8-6-7-9-18(16)20-4)19-13(2)12-15-11-10-14(3)21-15/h6-11,13,17,19H,5,12H2,1-4H3. The molecular formula is C18H25NOS. The lowest BCUT2D eigenvalue weighted by Crippen LogP contribution is -2.32. The molecule has 0 fully saturated rings. The predicted molar refractivity (Wildman–Crippen MR) is 91.4 cm³/mol. The minimum atomic E-state index is 0.331. The Morgan fingerprint density at radius 3 is 2.57 bits per heavy atom. The van der Waals surface area contributed by atoms with Crippen LogP contribution in [0.1, 0.15) is 41.6 Å². The van der Waals surface area contributed by atoms with E-state index in [4.69, 9.17) is 4.74 Å². The van der Waals surface area contributed by atoms with Crippen molar-refractivity contribution in [2.75, 3.05) is 7.11 Å². The number of hydrogen-bond donors (Lipinski definition) is 1. The van der Waals surface area contributed by atoms with Gasteiger partial charge in [0, 0.05) is 27.4 Å². The molecule has 1 heterocycles. The highest BCUT2D eigenvalue weighted by molar-refractivity contribution is 7.11. The molecule has 0 amide bonds. The van der Waals surface area contributed by atoms with Crippen molar-refractivity contribution in [3.05, 3.63) is 51.7 Å². The number of thiophene rings is 1. The van der Waals surface area contributed by atoms with Gasteiger partial charge in [0.25, 0.3) is 0 Å². The van der Waals surface area contributed by atoms with E-state index in [9.17, 15) is 0 Å². The van der Waals surface area contributed by atoms with Gasteiger partial charge in [0.1, 0.15) is 5.75 Å². The highest BCUT2D eigenvalue weighted by Gasteiger charge is 2.16. The van der Waals surface area contributed by atoms with Crippen LogP contribution in [0, 0.1) is 6.92 Å². The summed E-state index contributed by atoms with van der Waals surface area (Å²) in [7, 11) is 1.74. The highest BCUT2D eigenvalue weighted by atomic mass is 32.1. The van der Waals surface area contributed by atoms with E-state index >= 15 is 0 Å². The van der Waals surface area contributed by atoms with Gasteiger partial charge in [0.2, 0.25) is 0 Å². The van der Waals surface area contributed by atoms with Crippen LogP contribution in [0.4, 0.5) is 0 Å². The van der Waals surface area contributed by atoms with E-state index in [2.05, 4.69) is 50.4 Å². The first-order valence-electron chi connectivity index (χ1n) is 7.58. The largest absolute Gasteiger partial charge is 0.496 e. The molecule has 2 nitrogen and oxygen atoms in total. The Balaban J connectivity index is 2.04. The third-order valence-electron chi connectivity index (χ3n) is 3.71. The normalized spacial score (nSPS) is 13.9. The molecule has 0 aliphatic rings. The average molecular weight is 303 g/mol. The van der Waals surface area contributed by atoms with Gasteiger partial charge < -0.3 is 10.1 Å². The maximum absolute atomic E-state index is 5.49. The van der Waals surface area contributed by atoms with Crippen molar-refractivity contribution < 1.29 is 4.74 Å². The molecule has 1 aromatic carbocycles. The summed E-state index contributed by atoms with van der Waals surface area (Å²) < 4.78 is 5.49. The van der Waals surface area contributed by atoms with Gasteiger partial charge in [0.15, 0.2) is 0 Å². The minimum absolute atomic E-state index is 0.331. The number of aryl methyl sites for hydroxylation is 1. The molecule has 2 aromatic rings. The number of benzene rings is 1. The fourth-order valence-corrected chi connectivity index (χ4v) is 3.70. The summed E-state index contributed by atoms with van der Waals surface area (Å²) in [6.07, 6.45) is 2.12. The second kappa shape index (κ2) is 7.62. The molecule has 0 bridgehead atoms. The molecule has 0 spiro atoms. The summed E-state index contributed by atoms with van der Waals surface area (Å²) in [4.78, 5) is 2.83. The van der Waals surface area contributed by atoms with Gasteiger partial charge in [-0.1, -0.05) is 25.1 Å². The Bertz CT molecular complexity index is 564. The summed E-state index contributed by atoms with van der Waals surface area (Å²) in [6, 6.07) is 13.5. The van der Waals surface area contributed by atoms with E-state index < -0.39 is 0 Å². The average Bonchev–Trinajstić information content (AvgIpc) is 2.89. The first-order valence-corrected chi connectivity index (χ1v) is 8.40. The molecule has 1 N–H and O–H groups in total. The van der Waals surface area contributed by atoms with E-state index in [1.165, 1.54) is 15.3 Å². The summed E-state index contributed by atoms with van der Waals surface area (Å²) in [5, 5.41) is 3.74. The molecule has 114 valence electrons. The molecule has 1 aromatic heterocycles. The van der Waals surface area contributed by atoms with Crippen LogP contribution in [-0.2, 0) is 6.42 Å². The van der Waals surface area contributed by atoms with Crippen LogP contribution >= 0.6 is 11.3 Å². The maximum atomic E-state index is 5.49. The van der Waals surface area contributed by atoms with Crippen molar-refractivity contribution in [2.45, 2.75) is 45.7 Å². The topological polar surface area (TPSA) is 21.3 Å². The third-order valence-corrected chi connectivity index (χ3v) is 4.73. The van der Waals surface area contributed by atoms with E-state index in [0.717, 1.165) is 18.6 Å². The Hall–Kier alpha value is -1.32. The summed E-state index contributed by atoms with van der Waals surface area (Å²) >= 11 is 1.89. The van der Waals surface area contributed by atoms with Crippen molar-refractivity contribution in [2.24, 2.45) is 0 Å². The Morgan fingerprint density at radius 1 is 1.19 bits per heavy atom. The van der Waals surface area contributed by atoms with Crippen molar-refractivity contribution in [1.82, 2.24) is 5.32 Å². The zero-order valence-electron chi connectivity index (χ0n) is 13.3. The minimum Gasteiger partial charge on any atom is -0.496 e. The molecule has 2 rings (SSSR count). The molecule has 0 saturated heterocycles. The lowest BCUT2D eigenvalue weighted by Gasteiger charge is -2.24. The zero-order chi connectivity index (χ0) is 15.2. The molecule has 0 aliphatic carbocycles. The fraction of sp³-hybridized carbons (Fsp3) is 0.444. The van der Waals surface area contributed by atoms with Crippen molar-refractivity contribution in [3.63, 3.8) is 0 Å². The van der Waals surface area contributed by atoms with E-state index in [0.29, 0.717) is 12.1 Å². The Morgan fingerprint density at radius 2 is 1.95 bits per heavy atom. The first kappa shape index (κ1) is 16.1. The lowest BCUT2D eigenvalue weighted by atomic mass is 10.0. The van der Waals surface area contributed by atoms with Crippen LogP contribution in [0.5, 0.6) is 5.75 Å². The van der Waals surface area contributed by atoms with Gasteiger partial charge in [0.05, 0.1) is 7.11 Å². The zero-order valence-corrected chi connectivity index (χ0v) is 14.2. The molecular weight excluding hydrogens is 278 g/mol.